The van der Waals surface area contributed by atoms with Crippen molar-refractivity contribution in [2.24, 2.45) is 47.3 Å². The van der Waals surface area contributed by atoms with Crippen molar-refractivity contribution in [3.8, 4) is 0 Å². The van der Waals surface area contributed by atoms with E-state index in [1.165, 1.54) is 16.2 Å². The van der Waals surface area contributed by atoms with Gasteiger partial charge in [-0.2, -0.15) is 5.48 Å². The summed E-state index contributed by atoms with van der Waals surface area (Å²) < 4.78 is 22.5. The molecule has 3 aliphatic rings. The topological polar surface area (TPSA) is 179 Å². The fourth-order valence-corrected chi connectivity index (χ4v) is 10.9. The molecule has 14 nitrogen and oxygen atoms in total. The Hall–Kier alpha value is -4.84. The number of carbonyl (C=O) groups excluding carboxylic acids is 4. The van der Waals surface area contributed by atoms with Gasteiger partial charge in [0.1, 0.15) is 32.4 Å². The zero-order valence-electron chi connectivity index (χ0n) is 48.4. The summed E-state index contributed by atoms with van der Waals surface area (Å²) in [6, 6.07) is 31.3. The van der Waals surface area contributed by atoms with Gasteiger partial charge in [0, 0.05) is 41.5 Å². The van der Waals surface area contributed by atoms with Crippen molar-refractivity contribution in [1.82, 2.24) is 10.5 Å². The summed E-state index contributed by atoms with van der Waals surface area (Å²) in [5.41, 5.74) is 10.8. The number of Topliss-reactive ketones (excluding diaryl/α,β-unsaturated/α-hetero) is 1. The minimum absolute atomic E-state index is 0.00461. The van der Waals surface area contributed by atoms with Crippen LogP contribution in [-0.4, -0.2) is 90.0 Å². The Bertz CT molecular complexity index is 2490. The van der Waals surface area contributed by atoms with Gasteiger partial charge in [-0.15, -0.1) is 0 Å². The highest BCUT2D eigenvalue weighted by atomic mass is 79.9. The molecule has 4 aromatic carbocycles. The molecule has 0 radical (unpaired) electrons. The Morgan fingerprint density at radius 3 is 1.73 bits per heavy atom. The van der Waals surface area contributed by atoms with Gasteiger partial charge in [-0.3, -0.25) is 28.9 Å². The number of esters is 2. The van der Waals surface area contributed by atoms with E-state index in [0.717, 1.165) is 52.4 Å². The lowest BCUT2D eigenvalue weighted by molar-refractivity contribution is -0.207. The second-order valence-corrected chi connectivity index (χ2v) is 23.6. The van der Waals surface area contributed by atoms with E-state index in [-0.39, 0.29) is 109 Å². The molecule has 434 valence electrons. The van der Waals surface area contributed by atoms with Gasteiger partial charge >= 0.3 is 11.9 Å². The zero-order chi connectivity index (χ0) is 57.6. The molecule has 0 bridgehead atoms. The van der Waals surface area contributed by atoms with Crippen LogP contribution >= 0.6 is 15.9 Å². The zero-order valence-corrected chi connectivity index (χ0v) is 50.0. The molecule has 79 heavy (non-hydrogen) atoms. The number of halogens is 1. The Labute approximate surface area is 478 Å². The third kappa shape index (κ3) is 20.0. The monoisotopic (exact) mass is 1160 g/mol. The molecule has 3 saturated heterocycles. The number of ether oxygens (including phenoxy) is 4. The maximum absolute atomic E-state index is 13.9. The van der Waals surface area contributed by atoms with Crippen LogP contribution in [0.3, 0.4) is 0 Å². The SMILES string of the molecule is CC(C)[C@@H]1C[C@@H](C2C[C@@H](C(C)C)C(=O)N2OCc2ccccc2)OC1=O.Cc1ccc(Br)cc1CCCOCO.Cc1ccc(C(=O)[C@@H](C[C@H](NOCc2ccccc2)[C@@H]2C[C@@H](C(C)C)C(=O)O2)C(C)C)cc1CCCOCO. The number of carbonyl (C=O) groups is 4. The number of rotatable bonds is 27. The number of aliphatic hydroxyl groups excluding tert-OH is 2. The van der Waals surface area contributed by atoms with Crippen LogP contribution in [0.4, 0.5) is 0 Å². The lowest BCUT2D eigenvalue weighted by Crippen LogP contribution is -2.43. The van der Waals surface area contributed by atoms with Crippen molar-refractivity contribution in [1.29, 1.82) is 0 Å². The second-order valence-electron chi connectivity index (χ2n) is 22.6. The van der Waals surface area contributed by atoms with Crippen molar-refractivity contribution in [2.45, 2.75) is 158 Å². The van der Waals surface area contributed by atoms with E-state index < -0.39 is 0 Å². The lowest BCUT2D eigenvalue weighted by Gasteiger charge is -2.29. The first-order chi connectivity index (χ1) is 37.8. The summed E-state index contributed by atoms with van der Waals surface area (Å²) in [4.78, 5) is 63.4. The smallest absolute Gasteiger partial charge is 0.309 e. The minimum atomic E-state index is -0.366. The molecule has 3 heterocycles. The van der Waals surface area contributed by atoms with Crippen molar-refractivity contribution in [3.63, 3.8) is 0 Å². The molecule has 1 amide bonds. The predicted octanol–water partition coefficient (Wildman–Crippen LogP) is 11.7. The molecule has 15 heteroatoms. The standard InChI is InChI=1S/C32H45NO6.C21H29NO4.C11H15BrO2/c1-21(2)27(31(35)26-14-13-23(5)25(16-26)12-9-15-37-20-34)17-29(30-18-28(22(3)4)32(36)39-30)33-38-19-24-10-7-6-8-11-24;1-13(2)16-10-18(19-11-17(14(3)4)21(24)26-19)22(20(16)23)25-12-15-8-6-5-7-9-15;1-9-4-5-11(12)7-10(9)3-2-6-14-8-13/h6-8,10-11,13-14,16,21-22,27-30,33-34H,9,12,15,17-20H2,1-5H3;5-9,13-14,16-19H,10-12H2,1-4H3;4-5,7,13H,2-3,6,8H2,1H3/t27-,28-,29-,30-;16-,17-,18?,19-;/m00./s1. The van der Waals surface area contributed by atoms with Crippen LogP contribution in [0.25, 0.3) is 0 Å². The number of nitrogens with zero attached hydrogens (tertiary/aromatic N) is 1. The number of cyclic esters (lactones) is 2. The Morgan fingerprint density at radius 2 is 1.20 bits per heavy atom. The average Bonchev–Trinajstić information content (AvgIpc) is 4.18. The maximum Gasteiger partial charge on any atom is 0.309 e. The predicted molar refractivity (Wildman–Crippen MR) is 309 cm³/mol. The molecule has 3 aliphatic heterocycles. The number of hydrogen-bond donors (Lipinski definition) is 3. The quantitative estimate of drug-likeness (QED) is 0.0169. The van der Waals surface area contributed by atoms with E-state index in [4.69, 9.17) is 38.8 Å². The van der Waals surface area contributed by atoms with Crippen LogP contribution in [0.5, 0.6) is 0 Å². The van der Waals surface area contributed by atoms with Crippen LogP contribution in [0, 0.1) is 61.2 Å². The minimum Gasteiger partial charge on any atom is -0.460 e. The molecular weight excluding hydrogens is 1070 g/mol. The lowest BCUT2D eigenvalue weighted by atomic mass is 9.80. The van der Waals surface area contributed by atoms with E-state index in [0.29, 0.717) is 57.7 Å². The third-order valence-electron chi connectivity index (χ3n) is 15.5. The number of aliphatic hydroxyl groups is 2. The van der Waals surface area contributed by atoms with Crippen molar-refractivity contribution < 1.29 is 58.0 Å². The van der Waals surface area contributed by atoms with E-state index in [1.54, 1.807) is 0 Å². The normalized spacial score (nSPS) is 20.8. The Morgan fingerprint density at radius 1 is 0.671 bits per heavy atom. The first-order valence-corrected chi connectivity index (χ1v) is 29.2. The number of nitrogens with one attached hydrogen (secondary N) is 1. The van der Waals surface area contributed by atoms with Crippen LogP contribution < -0.4 is 5.48 Å². The molecule has 3 N–H and O–H groups in total. The molecular formula is C64H89BrN2O12. The second kappa shape index (κ2) is 33.2. The fraction of sp³-hybridized carbons (Fsp3) is 0.562. The first kappa shape index (κ1) is 65.0. The van der Waals surface area contributed by atoms with E-state index in [9.17, 15) is 19.2 Å². The van der Waals surface area contributed by atoms with Crippen molar-refractivity contribution in [3.05, 3.63) is 140 Å². The maximum atomic E-state index is 13.9. The van der Waals surface area contributed by atoms with Gasteiger partial charge < -0.3 is 29.2 Å². The molecule has 8 atom stereocenters. The van der Waals surface area contributed by atoms with Crippen molar-refractivity contribution >= 4 is 39.6 Å². The molecule has 3 fully saturated rings. The summed E-state index contributed by atoms with van der Waals surface area (Å²) in [7, 11) is 0. The fourth-order valence-electron chi connectivity index (χ4n) is 10.5. The Balaban J connectivity index is 0.000000245. The molecule has 0 aromatic heterocycles. The number of amides is 1. The highest BCUT2D eigenvalue weighted by Crippen LogP contribution is 2.39. The molecule has 4 aromatic rings. The summed E-state index contributed by atoms with van der Waals surface area (Å²) >= 11 is 3.45. The molecule has 7 rings (SSSR count). The van der Waals surface area contributed by atoms with E-state index in [2.05, 4.69) is 68.2 Å². The number of ketones is 1. The van der Waals surface area contributed by atoms with Gasteiger partial charge in [-0.25, -0.2) is 5.06 Å². The molecule has 0 saturated carbocycles. The number of hydroxylamine groups is 3. The average molecular weight is 1160 g/mol. The highest BCUT2D eigenvalue weighted by Gasteiger charge is 2.51. The summed E-state index contributed by atoms with van der Waals surface area (Å²) in [6.07, 6.45) is 5.25. The van der Waals surface area contributed by atoms with Crippen LogP contribution in [0.1, 0.15) is 138 Å². The number of hydrogen-bond acceptors (Lipinski definition) is 13. The summed E-state index contributed by atoms with van der Waals surface area (Å²) in [5, 5.41) is 18.8. The van der Waals surface area contributed by atoms with Crippen molar-refractivity contribution in [2.75, 3.05) is 26.8 Å². The van der Waals surface area contributed by atoms with Crippen LogP contribution in [0.15, 0.2) is 102 Å². The van der Waals surface area contributed by atoms with Crippen LogP contribution in [-0.2, 0) is 69.1 Å². The first-order valence-electron chi connectivity index (χ1n) is 28.4. The van der Waals surface area contributed by atoms with Crippen LogP contribution in [0.2, 0.25) is 0 Å². The van der Waals surface area contributed by atoms with Gasteiger partial charge in [0.15, 0.2) is 5.78 Å². The van der Waals surface area contributed by atoms with Gasteiger partial charge in [0.25, 0.3) is 0 Å². The number of aryl methyl sites for hydroxylation is 4. The van der Waals surface area contributed by atoms with E-state index >= 15 is 0 Å². The Kier molecular flexibility index (Phi) is 27.3. The molecule has 0 spiro atoms. The van der Waals surface area contributed by atoms with Gasteiger partial charge in [-0.05, 0) is 134 Å². The third-order valence-corrected chi connectivity index (χ3v) is 16.0. The number of benzene rings is 4. The van der Waals surface area contributed by atoms with Gasteiger partial charge in [0.05, 0.1) is 30.5 Å². The summed E-state index contributed by atoms with van der Waals surface area (Å²) in [5.74, 6) is -0.124. The van der Waals surface area contributed by atoms with E-state index in [1.807, 2.05) is 120 Å². The van der Waals surface area contributed by atoms with Gasteiger partial charge in [-0.1, -0.05) is 150 Å². The largest absolute Gasteiger partial charge is 0.460 e. The molecule has 1 unspecified atom stereocenters. The highest BCUT2D eigenvalue weighted by molar-refractivity contribution is 9.10. The summed E-state index contributed by atoms with van der Waals surface area (Å²) in [6.45, 7) is 21.8. The van der Waals surface area contributed by atoms with Gasteiger partial charge in [0.2, 0.25) is 5.91 Å². The molecule has 0 aliphatic carbocycles.